The largest absolute Gasteiger partial charge is 0.494 e. The van der Waals surface area contributed by atoms with E-state index < -0.39 is 0 Å². The van der Waals surface area contributed by atoms with Crippen LogP contribution in [0, 0.1) is 6.92 Å². The summed E-state index contributed by atoms with van der Waals surface area (Å²) in [5, 5.41) is 0.861. The Morgan fingerprint density at radius 1 is 1.03 bits per heavy atom. The van der Waals surface area contributed by atoms with Crippen molar-refractivity contribution in [1.29, 1.82) is 0 Å². The van der Waals surface area contributed by atoms with E-state index in [0.717, 1.165) is 59.5 Å². The van der Waals surface area contributed by atoms with Gasteiger partial charge in [0.2, 0.25) is 0 Å². The minimum atomic E-state index is 0.118. The summed E-state index contributed by atoms with van der Waals surface area (Å²) in [6.07, 6.45) is 6.20. The van der Waals surface area contributed by atoms with Gasteiger partial charge in [0, 0.05) is 17.0 Å². The van der Waals surface area contributed by atoms with Gasteiger partial charge < -0.3 is 4.74 Å². The molecule has 164 valence electrons. The fourth-order valence-corrected chi connectivity index (χ4v) is 5.77. The zero-order chi connectivity index (χ0) is 21.9. The van der Waals surface area contributed by atoms with Gasteiger partial charge in [0.1, 0.15) is 16.4 Å². The molecule has 0 saturated carbocycles. The van der Waals surface area contributed by atoms with Gasteiger partial charge in [-0.2, -0.15) is 0 Å². The van der Waals surface area contributed by atoms with Crippen molar-refractivity contribution in [2.24, 2.45) is 0 Å². The van der Waals surface area contributed by atoms with Gasteiger partial charge >= 0.3 is 0 Å². The molecule has 0 unspecified atom stereocenters. The predicted molar refractivity (Wildman–Crippen MR) is 132 cm³/mol. The van der Waals surface area contributed by atoms with E-state index in [0.29, 0.717) is 13.2 Å². The third kappa shape index (κ3) is 4.22. The number of ether oxygens (including phenoxy) is 1. The van der Waals surface area contributed by atoms with Crippen LogP contribution in [0.2, 0.25) is 0 Å². The molecule has 0 bridgehead atoms. The molecule has 0 amide bonds. The maximum Gasteiger partial charge on any atom is 0.262 e. The van der Waals surface area contributed by atoms with Crippen LogP contribution in [0.1, 0.15) is 41.7 Å². The summed E-state index contributed by atoms with van der Waals surface area (Å²) < 4.78 is 7.80. The van der Waals surface area contributed by atoms with Crippen molar-refractivity contribution in [2.45, 2.75) is 52.0 Å². The highest BCUT2D eigenvalue weighted by Gasteiger charge is 2.22. The molecule has 2 aromatic heterocycles. The smallest absolute Gasteiger partial charge is 0.262 e. The molecular formula is C27H28N2O2S. The van der Waals surface area contributed by atoms with Crippen LogP contribution in [0.4, 0.5) is 0 Å². The summed E-state index contributed by atoms with van der Waals surface area (Å²) in [6.45, 7) is 3.35. The molecule has 2 aromatic carbocycles. The lowest BCUT2D eigenvalue weighted by Crippen LogP contribution is -2.24. The van der Waals surface area contributed by atoms with E-state index in [1.54, 1.807) is 11.3 Å². The lowest BCUT2D eigenvalue weighted by Gasteiger charge is -2.14. The monoisotopic (exact) mass is 444 g/mol. The Bertz CT molecular complexity index is 1290. The minimum absolute atomic E-state index is 0.118. The molecule has 0 spiro atoms. The van der Waals surface area contributed by atoms with Crippen LogP contribution in [-0.4, -0.2) is 16.2 Å². The predicted octanol–water partition coefficient (Wildman–Crippen LogP) is 6.17. The second kappa shape index (κ2) is 9.29. The summed E-state index contributed by atoms with van der Waals surface area (Å²) in [7, 11) is 0. The van der Waals surface area contributed by atoms with Gasteiger partial charge in [0.25, 0.3) is 5.56 Å². The van der Waals surface area contributed by atoms with Crippen molar-refractivity contribution in [3.05, 3.63) is 81.0 Å². The summed E-state index contributed by atoms with van der Waals surface area (Å²) in [5.41, 5.74) is 3.56. The van der Waals surface area contributed by atoms with E-state index in [1.807, 2.05) is 47.0 Å². The SMILES string of the molecule is Cc1cccc(OCCCCn2c(-c3ccccc3)nc3sc4c(c3c2=O)CCCC4)c1. The van der Waals surface area contributed by atoms with Crippen molar-refractivity contribution in [3.8, 4) is 17.1 Å². The number of unbranched alkanes of at least 4 members (excludes halogenated alkanes) is 1. The number of rotatable bonds is 7. The van der Waals surface area contributed by atoms with Crippen LogP contribution in [0.3, 0.4) is 0 Å². The molecule has 5 heteroatoms. The Morgan fingerprint density at radius 3 is 2.72 bits per heavy atom. The summed E-state index contributed by atoms with van der Waals surface area (Å²) in [6, 6.07) is 18.2. The molecule has 4 aromatic rings. The van der Waals surface area contributed by atoms with Crippen LogP contribution >= 0.6 is 11.3 Å². The Morgan fingerprint density at radius 2 is 1.88 bits per heavy atom. The number of aryl methyl sites for hydroxylation is 3. The van der Waals surface area contributed by atoms with E-state index in [-0.39, 0.29) is 5.56 Å². The fourth-order valence-electron chi connectivity index (χ4n) is 4.52. The summed E-state index contributed by atoms with van der Waals surface area (Å²) in [5.74, 6) is 1.68. The molecule has 0 saturated heterocycles. The van der Waals surface area contributed by atoms with Gasteiger partial charge in [-0.15, -0.1) is 11.3 Å². The number of fused-ring (bicyclic) bond motifs is 3. The number of hydrogen-bond acceptors (Lipinski definition) is 4. The van der Waals surface area contributed by atoms with Crippen LogP contribution in [-0.2, 0) is 19.4 Å². The molecule has 0 aliphatic heterocycles. The Kier molecular flexibility index (Phi) is 6.08. The number of benzene rings is 2. The molecule has 1 aliphatic rings. The number of hydrogen-bond donors (Lipinski definition) is 0. The molecule has 0 radical (unpaired) electrons. The first-order chi connectivity index (χ1) is 15.7. The van der Waals surface area contributed by atoms with Gasteiger partial charge in [0.15, 0.2) is 0 Å². The first-order valence-electron chi connectivity index (χ1n) is 11.5. The number of aromatic nitrogens is 2. The van der Waals surface area contributed by atoms with Crippen LogP contribution < -0.4 is 10.3 Å². The van der Waals surface area contributed by atoms with E-state index >= 15 is 0 Å². The van der Waals surface area contributed by atoms with Crippen LogP contribution in [0.5, 0.6) is 5.75 Å². The Labute approximate surface area is 192 Å². The highest BCUT2D eigenvalue weighted by Crippen LogP contribution is 2.34. The maximum absolute atomic E-state index is 13.7. The third-order valence-corrected chi connectivity index (χ3v) is 7.33. The highest BCUT2D eigenvalue weighted by molar-refractivity contribution is 7.18. The molecule has 0 atom stereocenters. The quantitative estimate of drug-likeness (QED) is 0.320. The zero-order valence-electron chi connectivity index (χ0n) is 18.5. The highest BCUT2D eigenvalue weighted by atomic mass is 32.1. The molecular weight excluding hydrogens is 416 g/mol. The van der Waals surface area contributed by atoms with E-state index in [2.05, 4.69) is 19.1 Å². The summed E-state index contributed by atoms with van der Waals surface area (Å²) >= 11 is 1.72. The van der Waals surface area contributed by atoms with Crippen LogP contribution in [0.25, 0.3) is 21.6 Å². The van der Waals surface area contributed by atoms with Crippen molar-refractivity contribution in [3.63, 3.8) is 0 Å². The van der Waals surface area contributed by atoms with Gasteiger partial charge in [-0.1, -0.05) is 42.5 Å². The fraction of sp³-hybridized carbons (Fsp3) is 0.333. The zero-order valence-corrected chi connectivity index (χ0v) is 19.3. The van der Waals surface area contributed by atoms with Gasteiger partial charge in [-0.25, -0.2) is 4.98 Å². The lowest BCUT2D eigenvalue weighted by atomic mass is 9.97. The molecule has 1 aliphatic carbocycles. The minimum Gasteiger partial charge on any atom is -0.494 e. The molecule has 0 N–H and O–H groups in total. The molecule has 0 fully saturated rings. The van der Waals surface area contributed by atoms with Crippen molar-refractivity contribution in [1.82, 2.24) is 9.55 Å². The first-order valence-corrected chi connectivity index (χ1v) is 12.3. The number of thiophene rings is 1. The standard InChI is InChI=1S/C27H28N2O2S/c1-19-10-9-13-21(18-19)31-17-8-7-16-29-25(20-11-3-2-4-12-20)28-26-24(27(29)30)22-14-5-6-15-23(22)32-26/h2-4,9-13,18H,5-8,14-17H2,1H3. The van der Waals surface area contributed by atoms with Gasteiger partial charge in [0.05, 0.1) is 12.0 Å². The van der Waals surface area contributed by atoms with Crippen molar-refractivity contribution >= 4 is 21.6 Å². The van der Waals surface area contributed by atoms with E-state index in [1.165, 1.54) is 22.4 Å². The Hall–Kier alpha value is -2.92. The van der Waals surface area contributed by atoms with Crippen molar-refractivity contribution < 1.29 is 4.74 Å². The second-order valence-corrected chi connectivity index (χ2v) is 9.60. The lowest BCUT2D eigenvalue weighted by molar-refractivity contribution is 0.303. The summed E-state index contributed by atoms with van der Waals surface area (Å²) in [4.78, 5) is 21.0. The normalized spacial score (nSPS) is 13.3. The topological polar surface area (TPSA) is 44.1 Å². The van der Waals surface area contributed by atoms with Crippen LogP contribution in [0.15, 0.2) is 59.4 Å². The molecule has 32 heavy (non-hydrogen) atoms. The first kappa shape index (κ1) is 21.0. The molecule has 2 heterocycles. The maximum atomic E-state index is 13.7. The Balaban J connectivity index is 1.41. The average Bonchev–Trinajstić information content (AvgIpc) is 3.19. The number of nitrogens with zero attached hydrogens (tertiary/aromatic N) is 2. The van der Waals surface area contributed by atoms with Crippen molar-refractivity contribution in [2.75, 3.05) is 6.61 Å². The van der Waals surface area contributed by atoms with Gasteiger partial charge in [-0.3, -0.25) is 9.36 Å². The van der Waals surface area contributed by atoms with Gasteiger partial charge in [-0.05, 0) is 68.7 Å². The third-order valence-electron chi connectivity index (χ3n) is 6.14. The van der Waals surface area contributed by atoms with E-state index in [9.17, 15) is 4.79 Å². The van der Waals surface area contributed by atoms with E-state index in [4.69, 9.17) is 9.72 Å². The molecule has 4 nitrogen and oxygen atoms in total. The average molecular weight is 445 g/mol. The second-order valence-electron chi connectivity index (χ2n) is 8.52. The molecule has 5 rings (SSSR count).